The summed E-state index contributed by atoms with van der Waals surface area (Å²) in [5, 5.41) is 8.89. The molecule has 0 radical (unpaired) electrons. The van der Waals surface area contributed by atoms with Crippen LogP contribution in [0.1, 0.15) is 5.56 Å². The van der Waals surface area contributed by atoms with Crippen molar-refractivity contribution in [1.29, 1.82) is 5.41 Å². The van der Waals surface area contributed by atoms with E-state index in [-0.39, 0.29) is 5.84 Å². The standard InChI is InChI=1S/C13H9Cl3N2O/c14-7-2-4-11(9(5-7)13(17)18)19-12-6-8(15)1-3-10(12)16/h1-6H,(H3,17,18). The molecule has 19 heavy (non-hydrogen) atoms. The third-order valence-corrected chi connectivity index (χ3v) is 3.13. The highest BCUT2D eigenvalue weighted by molar-refractivity contribution is 6.34. The minimum atomic E-state index is -0.143. The quantitative estimate of drug-likeness (QED) is 0.636. The molecule has 2 rings (SSSR count). The zero-order valence-electron chi connectivity index (χ0n) is 9.58. The monoisotopic (exact) mass is 314 g/mol. The molecule has 2 aromatic rings. The number of nitrogens with one attached hydrogen (secondary N) is 1. The molecule has 0 atom stereocenters. The highest BCUT2D eigenvalue weighted by Crippen LogP contribution is 2.34. The van der Waals surface area contributed by atoms with Crippen LogP contribution in [0.3, 0.4) is 0 Å². The van der Waals surface area contributed by atoms with Gasteiger partial charge in [0.1, 0.15) is 17.3 Å². The Balaban J connectivity index is 2.43. The number of benzene rings is 2. The van der Waals surface area contributed by atoms with Crippen molar-refractivity contribution in [3.8, 4) is 11.5 Å². The Morgan fingerprint density at radius 1 is 0.947 bits per heavy atom. The average molecular weight is 316 g/mol. The van der Waals surface area contributed by atoms with E-state index in [2.05, 4.69) is 0 Å². The van der Waals surface area contributed by atoms with Crippen LogP contribution in [0.25, 0.3) is 0 Å². The molecule has 0 bridgehead atoms. The van der Waals surface area contributed by atoms with Crippen LogP contribution in [-0.4, -0.2) is 5.84 Å². The second-order valence-corrected chi connectivity index (χ2v) is 5.01. The van der Waals surface area contributed by atoms with E-state index >= 15 is 0 Å². The summed E-state index contributed by atoms with van der Waals surface area (Å²) < 4.78 is 5.64. The summed E-state index contributed by atoms with van der Waals surface area (Å²) in [6.07, 6.45) is 0. The number of halogens is 3. The van der Waals surface area contributed by atoms with Gasteiger partial charge in [0.15, 0.2) is 0 Å². The number of nitrogen functional groups attached to an aromatic ring is 1. The van der Waals surface area contributed by atoms with Gasteiger partial charge >= 0.3 is 0 Å². The number of hydrogen-bond acceptors (Lipinski definition) is 2. The first kappa shape index (κ1) is 14.0. The molecule has 0 aliphatic carbocycles. The maximum atomic E-state index is 7.51. The Morgan fingerprint density at radius 2 is 1.58 bits per heavy atom. The van der Waals surface area contributed by atoms with Gasteiger partial charge in [0, 0.05) is 16.1 Å². The SMILES string of the molecule is N=C(N)c1cc(Cl)ccc1Oc1cc(Cl)ccc1Cl. The predicted octanol–water partition coefficient (Wildman–Crippen LogP) is 4.72. The lowest BCUT2D eigenvalue weighted by molar-refractivity contribution is 0.482. The van der Waals surface area contributed by atoms with Crippen molar-refractivity contribution < 1.29 is 4.74 Å². The Bertz CT molecular complexity index is 644. The normalized spacial score (nSPS) is 10.3. The van der Waals surface area contributed by atoms with Crippen LogP contribution in [-0.2, 0) is 0 Å². The Hall–Kier alpha value is -1.42. The molecule has 0 unspecified atom stereocenters. The van der Waals surface area contributed by atoms with Crippen LogP contribution in [0, 0.1) is 5.41 Å². The third kappa shape index (κ3) is 3.32. The first-order valence-corrected chi connectivity index (χ1v) is 6.37. The predicted molar refractivity (Wildman–Crippen MR) is 79.0 cm³/mol. The smallest absolute Gasteiger partial charge is 0.147 e. The van der Waals surface area contributed by atoms with Gasteiger partial charge in [-0.2, -0.15) is 0 Å². The lowest BCUT2D eigenvalue weighted by atomic mass is 10.2. The van der Waals surface area contributed by atoms with Gasteiger partial charge in [-0.15, -0.1) is 0 Å². The topological polar surface area (TPSA) is 59.1 Å². The summed E-state index contributed by atoms with van der Waals surface area (Å²) >= 11 is 17.8. The molecule has 3 N–H and O–H groups in total. The van der Waals surface area contributed by atoms with Gasteiger partial charge < -0.3 is 10.5 Å². The minimum absolute atomic E-state index is 0.143. The van der Waals surface area contributed by atoms with Crippen molar-refractivity contribution in [2.24, 2.45) is 5.73 Å². The van der Waals surface area contributed by atoms with Crippen molar-refractivity contribution in [1.82, 2.24) is 0 Å². The first-order valence-electron chi connectivity index (χ1n) is 5.24. The number of nitrogens with two attached hydrogens (primary N) is 1. The molecule has 0 aliphatic rings. The van der Waals surface area contributed by atoms with Crippen molar-refractivity contribution >= 4 is 40.6 Å². The lowest BCUT2D eigenvalue weighted by Crippen LogP contribution is -2.12. The van der Waals surface area contributed by atoms with E-state index in [1.165, 1.54) is 0 Å². The fourth-order valence-corrected chi connectivity index (χ4v) is 1.97. The summed E-state index contributed by atoms with van der Waals surface area (Å²) in [5.74, 6) is 0.635. The van der Waals surface area contributed by atoms with E-state index in [4.69, 9.17) is 50.7 Å². The molecule has 0 spiro atoms. The third-order valence-electron chi connectivity index (χ3n) is 2.34. The number of ether oxygens (including phenoxy) is 1. The average Bonchev–Trinajstić information content (AvgIpc) is 2.35. The van der Waals surface area contributed by atoms with E-state index in [0.717, 1.165) is 0 Å². The van der Waals surface area contributed by atoms with Crippen LogP contribution in [0.5, 0.6) is 11.5 Å². The second kappa shape index (κ2) is 5.70. The molecule has 0 fully saturated rings. The summed E-state index contributed by atoms with van der Waals surface area (Å²) in [4.78, 5) is 0. The summed E-state index contributed by atoms with van der Waals surface area (Å²) in [7, 11) is 0. The van der Waals surface area contributed by atoms with Gasteiger partial charge in [-0.05, 0) is 30.3 Å². The van der Waals surface area contributed by atoms with Crippen molar-refractivity contribution in [2.75, 3.05) is 0 Å². The van der Waals surface area contributed by atoms with Crippen LogP contribution in [0.15, 0.2) is 36.4 Å². The molecular weight excluding hydrogens is 307 g/mol. The zero-order chi connectivity index (χ0) is 14.0. The van der Waals surface area contributed by atoms with E-state index in [9.17, 15) is 0 Å². The van der Waals surface area contributed by atoms with Crippen molar-refractivity contribution in [3.63, 3.8) is 0 Å². The van der Waals surface area contributed by atoms with E-state index in [1.54, 1.807) is 36.4 Å². The number of amidine groups is 1. The molecular formula is C13H9Cl3N2O. The highest BCUT2D eigenvalue weighted by atomic mass is 35.5. The molecule has 0 aromatic heterocycles. The van der Waals surface area contributed by atoms with Crippen LogP contribution >= 0.6 is 34.8 Å². The van der Waals surface area contributed by atoms with Gasteiger partial charge in [-0.25, -0.2) is 0 Å². The van der Waals surface area contributed by atoms with Crippen molar-refractivity contribution in [3.05, 3.63) is 57.0 Å². The molecule has 0 saturated carbocycles. The molecule has 0 saturated heterocycles. The van der Waals surface area contributed by atoms with Crippen molar-refractivity contribution in [2.45, 2.75) is 0 Å². The van der Waals surface area contributed by atoms with Gasteiger partial charge in [0.2, 0.25) is 0 Å². The Kier molecular flexibility index (Phi) is 4.20. The van der Waals surface area contributed by atoms with E-state index in [0.29, 0.717) is 32.1 Å². The highest BCUT2D eigenvalue weighted by Gasteiger charge is 2.11. The Labute approximate surface area is 125 Å². The molecule has 2 aromatic carbocycles. The maximum Gasteiger partial charge on any atom is 0.147 e. The minimum Gasteiger partial charge on any atom is -0.455 e. The van der Waals surface area contributed by atoms with Gasteiger partial charge in [-0.3, -0.25) is 5.41 Å². The van der Waals surface area contributed by atoms with Crippen LogP contribution in [0.4, 0.5) is 0 Å². The number of hydrogen-bond donors (Lipinski definition) is 2. The van der Waals surface area contributed by atoms with Crippen LogP contribution in [0.2, 0.25) is 15.1 Å². The fraction of sp³-hybridized carbons (Fsp3) is 0. The largest absolute Gasteiger partial charge is 0.455 e. The van der Waals surface area contributed by atoms with E-state index < -0.39 is 0 Å². The molecule has 6 heteroatoms. The summed E-state index contributed by atoms with van der Waals surface area (Å²) in [5.41, 5.74) is 5.88. The maximum absolute atomic E-state index is 7.51. The summed E-state index contributed by atoms with van der Waals surface area (Å²) in [6.45, 7) is 0. The van der Waals surface area contributed by atoms with Gasteiger partial charge in [0.05, 0.1) is 10.6 Å². The lowest BCUT2D eigenvalue weighted by Gasteiger charge is -2.12. The second-order valence-electron chi connectivity index (χ2n) is 3.73. The van der Waals surface area contributed by atoms with Gasteiger partial charge in [-0.1, -0.05) is 34.8 Å². The molecule has 98 valence electrons. The van der Waals surface area contributed by atoms with E-state index in [1.807, 2.05) is 0 Å². The summed E-state index contributed by atoms with van der Waals surface area (Å²) in [6, 6.07) is 9.69. The number of rotatable bonds is 3. The first-order chi connectivity index (χ1) is 8.97. The molecule has 0 amide bonds. The Morgan fingerprint density at radius 3 is 2.26 bits per heavy atom. The fourth-order valence-electron chi connectivity index (χ4n) is 1.48. The molecule has 3 nitrogen and oxygen atoms in total. The molecule has 0 aliphatic heterocycles. The zero-order valence-corrected chi connectivity index (χ0v) is 11.9. The van der Waals surface area contributed by atoms with Gasteiger partial charge in [0.25, 0.3) is 0 Å². The molecule has 0 heterocycles. The van der Waals surface area contributed by atoms with Crippen LogP contribution < -0.4 is 10.5 Å².